The first-order valence-electron chi connectivity index (χ1n) is 5.14. The van der Waals surface area contributed by atoms with Gasteiger partial charge in [0.2, 0.25) is 0 Å². The Labute approximate surface area is 92.2 Å². The zero-order valence-electron chi connectivity index (χ0n) is 8.56. The summed E-state index contributed by atoms with van der Waals surface area (Å²) < 4.78 is 5.48. The number of fused-ring (bicyclic) bond motifs is 1. The van der Waals surface area contributed by atoms with Crippen molar-refractivity contribution in [2.75, 3.05) is 6.61 Å². The first kappa shape index (κ1) is 9.15. The molecule has 1 aromatic carbocycles. The van der Waals surface area contributed by atoms with Crippen molar-refractivity contribution in [1.82, 2.24) is 10.2 Å². The van der Waals surface area contributed by atoms with Gasteiger partial charge in [0.1, 0.15) is 5.75 Å². The Morgan fingerprint density at radius 2 is 2.25 bits per heavy atom. The molecule has 2 heterocycles. The number of H-pyrrole nitrogens is 1. The van der Waals surface area contributed by atoms with Gasteiger partial charge >= 0.3 is 0 Å². The van der Waals surface area contributed by atoms with Crippen LogP contribution in [-0.4, -0.2) is 22.6 Å². The van der Waals surface area contributed by atoms with Crippen molar-refractivity contribution in [2.24, 2.45) is 0 Å². The molecule has 80 valence electrons. The lowest BCUT2D eigenvalue weighted by Gasteiger charge is -2.16. The quantitative estimate of drug-likeness (QED) is 0.790. The Hall–Kier alpha value is -2.10. The molecule has 0 unspecified atom stereocenters. The number of nitrogens with one attached hydrogen (secondary N) is 1. The minimum Gasteiger partial charge on any atom is -0.492 e. The molecule has 1 aliphatic rings. The van der Waals surface area contributed by atoms with Gasteiger partial charge in [0.05, 0.1) is 17.9 Å². The first-order valence-corrected chi connectivity index (χ1v) is 5.14. The molecule has 0 saturated heterocycles. The number of nitrogens with zero attached hydrogens (tertiary/aromatic N) is 1. The lowest BCUT2D eigenvalue weighted by Crippen LogP contribution is -2.15. The van der Waals surface area contributed by atoms with Crippen LogP contribution in [0.3, 0.4) is 0 Å². The van der Waals surface area contributed by atoms with E-state index in [-0.39, 0.29) is 5.78 Å². The van der Waals surface area contributed by atoms with E-state index in [2.05, 4.69) is 10.2 Å². The highest BCUT2D eigenvalue weighted by Gasteiger charge is 2.18. The number of benzene rings is 1. The van der Waals surface area contributed by atoms with Crippen molar-refractivity contribution in [3.8, 4) is 17.0 Å². The number of hydrogen-bond donors (Lipinski definition) is 1. The number of carbonyl (C=O) groups excluding carboxylic acids is 1. The lowest BCUT2D eigenvalue weighted by atomic mass is 10.0. The highest BCUT2D eigenvalue weighted by molar-refractivity contribution is 6.00. The maximum atomic E-state index is 11.6. The molecule has 0 bridgehead atoms. The number of aromatic nitrogens is 2. The summed E-state index contributed by atoms with van der Waals surface area (Å²) in [5, 5.41) is 6.77. The van der Waals surface area contributed by atoms with Crippen LogP contribution in [0.1, 0.15) is 16.8 Å². The van der Waals surface area contributed by atoms with Crippen molar-refractivity contribution in [3.05, 3.63) is 36.0 Å². The summed E-state index contributed by atoms with van der Waals surface area (Å²) in [7, 11) is 0. The van der Waals surface area contributed by atoms with Crippen LogP contribution in [0.15, 0.2) is 30.5 Å². The topological polar surface area (TPSA) is 55.0 Å². The molecule has 3 rings (SSSR count). The van der Waals surface area contributed by atoms with E-state index >= 15 is 0 Å². The third-order valence-corrected chi connectivity index (χ3v) is 2.68. The molecule has 2 aromatic rings. The number of ketones is 1. The van der Waals surface area contributed by atoms with E-state index in [0.717, 1.165) is 11.3 Å². The number of carbonyl (C=O) groups is 1. The fourth-order valence-corrected chi connectivity index (χ4v) is 1.84. The lowest BCUT2D eigenvalue weighted by molar-refractivity contribution is 0.0933. The molecule has 0 amide bonds. The maximum Gasteiger partial charge on any atom is 0.169 e. The molecule has 0 spiro atoms. The van der Waals surface area contributed by atoms with Crippen LogP contribution < -0.4 is 4.74 Å². The third-order valence-electron chi connectivity index (χ3n) is 2.68. The molecule has 1 aromatic heterocycles. The molecule has 0 fully saturated rings. The van der Waals surface area contributed by atoms with Gasteiger partial charge in [0.25, 0.3) is 0 Å². The molecule has 0 aliphatic carbocycles. The Morgan fingerprint density at radius 1 is 1.31 bits per heavy atom. The van der Waals surface area contributed by atoms with Crippen LogP contribution in [0.25, 0.3) is 11.3 Å². The standard InChI is InChI=1S/C12H10N2O2/c15-11-4-6-16-12-7-8(1-2-9(11)12)10-3-5-13-14-10/h1-3,5,7H,4,6H2,(H,13,14). The fourth-order valence-electron chi connectivity index (χ4n) is 1.84. The van der Waals surface area contributed by atoms with E-state index in [4.69, 9.17) is 4.74 Å². The highest BCUT2D eigenvalue weighted by Crippen LogP contribution is 2.29. The molecular formula is C12H10N2O2. The minimum atomic E-state index is 0.150. The van der Waals surface area contributed by atoms with E-state index in [9.17, 15) is 4.79 Å². The zero-order chi connectivity index (χ0) is 11.0. The van der Waals surface area contributed by atoms with Crippen molar-refractivity contribution in [1.29, 1.82) is 0 Å². The molecule has 0 radical (unpaired) electrons. The summed E-state index contributed by atoms with van der Waals surface area (Å²) in [4.78, 5) is 11.6. The largest absolute Gasteiger partial charge is 0.492 e. The van der Waals surface area contributed by atoms with Gasteiger partial charge in [-0.05, 0) is 18.2 Å². The highest BCUT2D eigenvalue weighted by atomic mass is 16.5. The van der Waals surface area contributed by atoms with Gasteiger partial charge in [-0.25, -0.2) is 0 Å². The molecule has 4 heteroatoms. The van der Waals surface area contributed by atoms with Crippen LogP contribution in [0, 0.1) is 0 Å². The second-order valence-corrected chi connectivity index (χ2v) is 3.70. The van der Waals surface area contributed by atoms with Crippen LogP contribution in [0.5, 0.6) is 5.75 Å². The molecule has 0 saturated carbocycles. The SMILES string of the molecule is O=C1CCOc2cc(-c3ccn[nH]3)ccc21. The van der Waals surface area contributed by atoms with Gasteiger partial charge in [0, 0.05) is 18.2 Å². The summed E-state index contributed by atoms with van der Waals surface area (Å²) in [5.41, 5.74) is 2.57. The normalized spacial score (nSPS) is 14.4. The van der Waals surface area contributed by atoms with Crippen molar-refractivity contribution >= 4 is 5.78 Å². The number of rotatable bonds is 1. The summed E-state index contributed by atoms with van der Waals surface area (Å²) in [6.45, 7) is 0.470. The summed E-state index contributed by atoms with van der Waals surface area (Å²) >= 11 is 0. The predicted octanol–water partition coefficient (Wildman–Crippen LogP) is 2.04. The van der Waals surface area contributed by atoms with E-state index in [1.807, 2.05) is 24.3 Å². The van der Waals surface area contributed by atoms with Crippen LogP contribution >= 0.6 is 0 Å². The van der Waals surface area contributed by atoms with E-state index < -0.39 is 0 Å². The van der Waals surface area contributed by atoms with Crippen LogP contribution in [-0.2, 0) is 0 Å². The average Bonchev–Trinajstić information content (AvgIpc) is 2.82. The second kappa shape index (κ2) is 3.48. The predicted molar refractivity (Wildman–Crippen MR) is 58.5 cm³/mol. The zero-order valence-corrected chi connectivity index (χ0v) is 8.56. The van der Waals surface area contributed by atoms with Gasteiger partial charge in [-0.2, -0.15) is 5.10 Å². The van der Waals surface area contributed by atoms with E-state index in [0.29, 0.717) is 24.3 Å². The summed E-state index contributed by atoms with van der Waals surface area (Å²) in [5.74, 6) is 0.820. The molecule has 16 heavy (non-hydrogen) atoms. The van der Waals surface area contributed by atoms with Crippen molar-refractivity contribution in [2.45, 2.75) is 6.42 Å². The van der Waals surface area contributed by atoms with Gasteiger partial charge in [0.15, 0.2) is 5.78 Å². The summed E-state index contributed by atoms with van der Waals surface area (Å²) in [6.07, 6.45) is 2.16. The smallest absolute Gasteiger partial charge is 0.169 e. The Bertz CT molecular complexity index is 532. The second-order valence-electron chi connectivity index (χ2n) is 3.70. The molecular weight excluding hydrogens is 204 g/mol. The van der Waals surface area contributed by atoms with E-state index in [1.54, 1.807) is 6.20 Å². The Balaban J connectivity index is 2.08. The maximum absolute atomic E-state index is 11.6. The van der Waals surface area contributed by atoms with Crippen LogP contribution in [0.4, 0.5) is 0 Å². The molecule has 4 nitrogen and oxygen atoms in total. The number of ether oxygens (including phenoxy) is 1. The van der Waals surface area contributed by atoms with E-state index in [1.165, 1.54) is 0 Å². The number of Topliss-reactive ketones (excluding diaryl/α,β-unsaturated/α-hetero) is 1. The van der Waals surface area contributed by atoms with Gasteiger partial charge in [-0.15, -0.1) is 0 Å². The molecule has 1 aliphatic heterocycles. The van der Waals surface area contributed by atoms with Gasteiger partial charge < -0.3 is 4.74 Å². The number of hydrogen-bond acceptors (Lipinski definition) is 3. The van der Waals surface area contributed by atoms with Crippen molar-refractivity contribution < 1.29 is 9.53 Å². The number of aromatic amines is 1. The Kier molecular flexibility index (Phi) is 1.99. The summed E-state index contributed by atoms with van der Waals surface area (Å²) in [6, 6.07) is 7.47. The van der Waals surface area contributed by atoms with Crippen molar-refractivity contribution in [3.63, 3.8) is 0 Å². The van der Waals surface area contributed by atoms with Gasteiger partial charge in [-0.1, -0.05) is 6.07 Å². The molecule has 1 N–H and O–H groups in total. The first-order chi connectivity index (χ1) is 7.84. The van der Waals surface area contributed by atoms with Crippen LogP contribution in [0.2, 0.25) is 0 Å². The monoisotopic (exact) mass is 214 g/mol. The molecule has 0 atom stereocenters. The Morgan fingerprint density at radius 3 is 3.06 bits per heavy atom. The average molecular weight is 214 g/mol. The fraction of sp³-hybridized carbons (Fsp3) is 0.167. The minimum absolute atomic E-state index is 0.150. The van der Waals surface area contributed by atoms with Gasteiger partial charge in [-0.3, -0.25) is 9.89 Å². The third kappa shape index (κ3) is 1.39.